The molecule has 2 aliphatic heterocycles. The molecule has 0 aliphatic carbocycles. The van der Waals surface area contributed by atoms with Crippen molar-refractivity contribution in [3.8, 4) is 0 Å². The van der Waals surface area contributed by atoms with Gasteiger partial charge in [0.1, 0.15) is 5.82 Å². The second-order valence-electron chi connectivity index (χ2n) is 10.7. The number of hydrogen-bond acceptors (Lipinski definition) is 7. The highest BCUT2D eigenvalue weighted by molar-refractivity contribution is 7.98. The van der Waals surface area contributed by atoms with Gasteiger partial charge in [0.05, 0.1) is 29.7 Å². The maximum absolute atomic E-state index is 11.8. The monoisotopic (exact) mass is 488 g/mol. The van der Waals surface area contributed by atoms with Gasteiger partial charge in [-0.25, -0.2) is 9.29 Å². The van der Waals surface area contributed by atoms with Crippen molar-refractivity contribution < 1.29 is 14.3 Å². The normalized spacial score (nSPS) is 19.0. The molecule has 0 radical (unpaired) electrons. The molecule has 3 heterocycles. The van der Waals surface area contributed by atoms with E-state index in [2.05, 4.69) is 59.2 Å². The van der Waals surface area contributed by atoms with Crippen molar-refractivity contribution in [2.24, 2.45) is 11.8 Å². The van der Waals surface area contributed by atoms with Gasteiger partial charge in [-0.15, -0.1) is 0 Å². The summed E-state index contributed by atoms with van der Waals surface area (Å²) in [4.78, 5) is 16.9. The Morgan fingerprint density at radius 1 is 1.21 bits per heavy atom. The molecule has 0 atom stereocenters. The fourth-order valence-corrected chi connectivity index (χ4v) is 5.95. The summed E-state index contributed by atoms with van der Waals surface area (Å²) in [6.07, 6.45) is 5.20. The lowest BCUT2D eigenvalue weighted by Gasteiger charge is -2.32. The fraction of sp³-hybridized carbons (Fsp3) is 0.692. The van der Waals surface area contributed by atoms with E-state index < -0.39 is 0 Å². The van der Waals surface area contributed by atoms with E-state index in [0.717, 1.165) is 68.6 Å². The van der Waals surface area contributed by atoms with Gasteiger partial charge in [0.15, 0.2) is 0 Å². The second kappa shape index (κ2) is 10.9. The predicted molar refractivity (Wildman–Crippen MR) is 139 cm³/mol. The minimum Gasteiger partial charge on any atom is -0.469 e. The highest BCUT2D eigenvalue weighted by Crippen LogP contribution is 2.33. The van der Waals surface area contributed by atoms with E-state index in [1.165, 1.54) is 31.9 Å². The Morgan fingerprint density at radius 3 is 2.56 bits per heavy atom. The van der Waals surface area contributed by atoms with Crippen molar-refractivity contribution in [2.45, 2.75) is 64.8 Å². The number of esters is 1. The number of aromatic nitrogens is 2. The Balaban J connectivity index is 1.47. The molecule has 7 nitrogen and oxygen atoms in total. The van der Waals surface area contributed by atoms with Crippen LogP contribution in [0, 0.1) is 11.8 Å². The Labute approximate surface area is 208 Å². The highest BCUT2D eigenvalue weighted by atomic mass is 32.2. The quantitative estimate of drug-likeness (QED) is 0.400. The Bertz CT molecular complexity index is 972. The number of benzene rings is 1. The largest absolute Gasteiger partial charge is 0.469 e. The van der Waals surface area contributed by atoms with Crippen molar-refractivity contribution in [3.63, 3.8) is 0 Å². The number of fused-ring (bicyclic) bond motifs is 1. The average molecular weight is 489 g/mol. The molecule has 0 N–H and O–H groups in total. The highest BCUT2D eigenvalue weighted by Gasteiger charge is 2.27. The first-order valence-electron chi connectivity index (χ1n) is 12.6. The molecule has 2 aliphatic rings. The molecule has 0 amide bonds. The van der Waals surface area contributed by atoms with Crippen LogP contribution < -0.4 is 4.31 Å². The third-order valence-electron chi connectivity index (χ3n) is 7.09. The van der Waals surface area contributed by atoms with Gasteiger partial charge in [0.25, 0.3) is 0 Å². The van der Waals surface area contributed by atoms with E-state index in [0.29, 0.717) is 0 Å². The van der Waals surface area contributed by atoms with Crippen LogP contribution in [0.25, 0.3) is 11.0 Å². The van der Waals surface area contributed by atoms with E-state index in [4.69, 9.17) is 14.5 Å². The number of hydrogen-bond donors (Lipinski definition) is 0. The third-order valence-corrected chi connectivity index (χ3v) is 8.15. The summed E-state index contributed by atoms with van der Waals surface area (Å²) < 4.78 is 17.4. The number of aryl methyl sites for hydroxylation is 1. The van der Waals surface area contributed by atoms with Crippen LogP contribution in [-0.4, -0.2) is 60.3 Å². The molecule has 1 aromatic carbocycles. The number of rotatable bonds is 7. The summed E-state index contributed by atoms with van der Waals surface area (Å²) in [6.45, 7) is 11.3. The van der Waals surface area contributed by atoms with E-state index in [-0.39, 0.29) is 17.3 Å². The first kappa shape index (κ1) is 25.3. The van der Waals surface area contributed by atoms with Crippen LogP contribution in [0.3, 0.4) is 0 Å². The lowest BCUT2D eigenvalue weighted by atomic mass is 9.94. The smallest absolute Gasteiger partial charge is 0.308 e. The van der Waals surface area contributed by atoms with Crippen LogP contribution in [0.15, 0.2) is 18.2 Å². The van der Waals surface area contributed by atoms with E-state index in [9.17, 15) is 4.79 Å². The van der Waals surface area contributed by atoms with Crippen molar-refractivity contribution in [3.05, 3.63) is 24.0 Å². The van der Waals surface area contributed by atoms with Gasteiger partial charge in [0, 0.05) is 57.4 Å². The first-order valence-corrected chi connectivity index (χ1v) is 13.3. The van der Waals surface area contributed by atoms with Crippen LogP contribution in [0.5, 0.6) is 0 Å². The Kier molecular flexibility index (Phi) is 8.10. The second-order valence-corrected chi connectivity index (χ2v) is 11.9. The summed E-state index contributed by atoms with van der Waals surface area (Å²) in [6, 6.07) is 6.65. The zero-order chi connectivity index (χ0) is 24.3. The predicted octanol–water partition coefficient (Wildman–Crippen LogP) is 5.03. The van der Waals surface area contributed by atoms with Gasteiger partial charge >= 0.3 is 5.97 Å². The Morgan fingerprint density at radius 2 is 1.91 bits per heavy atom. The van der Waals surface area contributed by atoms with Crippen LogP contribution in [0.2, 0.25) is 0 Å². The third kappa shape index (κ3) is 5.89. The van der Waals surface area contributed by atoms with Crippen LogP contribution in [0.1, 0.15) is 58.7 Å². The van der Waals surface area contributed by atoms with Gasteiger partial charge in [-0.2, -0.15) is 0 Å². The SMILES string of the molecule is COC(=O)C1CCN(SN(C)c2ccc3c(c2)nc(C(C)(C)C)n3CCC2CCOCC2)CC1. The van der Waals surface area contributed by atoms with E-state index >= 15 is 0 Å². The topological polar surface area (TPSA) is 59.8 Å². The number of methoxy groups -OCH3 is 1. The molecule has 8 heteroatoms. The summed E-state index contributed by atoms with van der Waals surface area (Å²) in [5.74, 6) is 1.85. The van der Waals surface area contributed by atoms with E-state index in [1.54, 1.807) is 12.1 Å². The molecule has 2 saturated heterocycles. The number of carbonyl (C=O) groups is 1. The lowest BCUT2D eigenvalue weighted by molar-refractivity contribution is -0.146. The van der Waals surface area contributed by atoms with Gasteiger partial charge in [-0.05, 0) is 56.2 Å². The minimum absolute atomic E-state index is 0.0144. The lowest BCUT2D eigenvalue weighted by Crippen LogP contribution is -2.34. The van der Waals surface area contributed by atoms with Crippen LogP contribution >= 0.6 is 12.1 Å². The summed E-state index contributed by atoms with van der Waals surface area (Å²) in [5.41, 5.74) is 3.41. The van der Waals surface area contributed by atoms with Gasteiger partial charge in [-0.1, -0.05) is 20.8 Å². The molecule has 1 aromatic heterocycles. The molecular formula is C26H40N4O3S. The maximum atomic E-state index is 11.8. The summed E-state index contributed by atoms with van der Waals surface area (Å²) in [5, 5.41) is 0. The van der Waals surface area contributed by atoms with Gasteiger partial charge in [0.2, 0.25) is 0 Å². The number of nitrogens with zero attached hydrogens (tertiary/aromatic N) is 4. The summed E-state index contributed by atoms with van der Waals surface area (Å²) >= 11 is 1.72. The Hall–Kier alpha value is -1.77. The molecule has 0 bridgehead atoms. The number of imidazole rings is 1. The average Bonchev–Trinajstić information content (AvgIpc) is 3.22. The molecule has 4 rings (SSSR count). The van der Waals surface area contributed by atoms with Crippen molar-refractivity contribution >= 4 is 34.8 Å². The molecular weight excluding hydrogens is 448 g/mol. The molecule has 2 fully saturated rings. The van der Waals surface area contributed by atoms with Gasteiger partial charge < -0.3 is 18.3 Å². The zero-order valence-electron chi connectivity index (χ0n) is 21.4. The fourth-order valence-electron chi connectivity index (χ4n) is 5.02. The number of piperidine rings is 1. The molecule has 0 spiro atoms. The number of carbonyl (C=O) groups excluding carboxylic acids is 1. The van der Waals surface area contributed by atoms with Crippen LogP contribution in [0.4, 0.5) is 5.69 Å². The van der Waals surface area contributed by atoms with Gasteiger partial charge in [-0.3, -0.25) is 4.79 Å². The van der Waals surface area contributed by atoms with Crippen molar-refractivity contribution in [2.75, 3.05) is 44.8 Å². The van der Waals surface area contributed by atoms with E-state index in [1.807, 2.05) is 0 Å². The van der Waals surface area contributed by atoms with Crippen molar-refractivity contribution in [1.29, 1.82) is 0 Å². The molecule has 0 saturated carbocycles. The molecule has 34 heavy (non-hydrogen) atoms. The molecule has 0 unspecified atom stereocenters. The first-order chi connectivity index (χ1) is 16.3. The standard InChI is InChI=1S/C26H40N4O3S/c1-26(2,3)25-27-22-18-21(28(4)34-29-13-9-20(10-14-29)24(31)32-5)6-7-23(22)30(25)15-8-19-11-16-33-17-12-19/h6-7,18-20H,8-17H2,1-5H3. The minimum atomic E-state index is -0.0782. The number of anilines is 1. The van der Waals surface area contributed by atoms with Crippen LogP contribution in [-0.2, 0) is 26.2 Å². The zero-order valence-corrected chi connectivity index (χ0v) is 22.2. The summed E-state index contributed by atoms with van der Waals surface area (Å²) in [7, 11) is 3.58. The van der Waals surface area contributed by atoms with Crippen molar-refractivity contribution in [1.82, 2.24) is 13.9 Å². The molecule has 188 valence electrons. The number of ether oxygens (including phenoxy) is 2. The molecule has 2 aromatic rings. The maximum Gasteiger partial charge on any atom is 0.308 e.